The zero-order valence-electron chi connectivity index (χ0n) is 26.1. The van der Waals surface area contributed by atoms with Crippen LogP contribution in [0.3, 0.4) is 0 Å². The monoisotopic (exact) mass is 615 g/mol. The third-order valence-electron chi connectivity index (χ3n) is 9.18. The van der Waals surface area contributed by atoms with Gasteiger partial charge in [0.15, 0.2) is 5.82 Å². The smallest absolute Gasteiger partial charge is 0.162 e. The molecule has 6 aromatic carbocycles. The van der Waals surface area contributed by atoms with Crippen LogP contribution in [-0.4, -0.2) is 25.8 Å². The summed E-state index contributed by atoms with van der Waals surface area (Å²) in [6, 6.07) is 50.8. The molecule has 5 nitrogen and oxygen atoms in total. The molecule has 0 aliphatic carbocycles. The van der Waals surface area contributed by atoms with Crippen LogP contribution in [0.15, 0.2) is 157 Å². The highest BCUT2D eigenvalue weighted by Crippen LogP contribution is 2.38. The van der Waals surface area contributed by atoms with Gasteiger partial charge in [0.25, 0.3) is 0 Å². The van der Waals surface area contributed by atoms with E-state index in [4.69, 9.17) is 9.97 Å². The van der Waals surface area contributed by atoms with Gasteiger partial charge in [-0.1, -0.05) is 110 Å². The third-order valence-corrected chi connectivity index (χ3v) is 9.18. The van der Waals surface area contributed by atoms with Crippen molar-refractivity contribution in [3.63, 3.8) is 0 Å². The molecule has 0 saturated heterocycles. The molecule has 0 atom stereocenters. The van der Waals surface area contributed by atoms with E-state index in [0.717, 1.165) is 61.4 Å². The van der Waals surface area contributed by atoms with Crippen molar-refractivity contribution in [2.45, 2.75) is 0 Å². The second kappa shape index (κ2) is 11.0. The number of benzene rings is 6. The first-order valence-electron chi connectivity index (χ1n) is 15.9. The lowest BCUT2D eigenvalue weighted by atomic mass is 10.1. The van der Waals surface area contributed by atoms with Gasteiger partial charge in [-0.15, -0.1) is 0 Å². The molecule has 0 amide bonds. The number of nitrogens with zero attached hydrogens (tertiary/aromatic N) is 5. The number of aromatic nitrogens is 4. The summed E-state index contributed by atoms with van der Waals surface area (Å²) in [5.41, 5.74) is 9.99. The van der Waals surface area contributed by atoms with Crippen molar-refractivity contribution >= 4 is 62.1 Å². The van der Waals surface area contributed by atoms with E-state index < -0.39 is 0 Å². The fourth-order valence-corrected chi connectivity index (χ4v) is 6.97. The van der Waals surface area contributed by atoms with Crippen LogP contribution in [0.2, 0.25) is 0 Å². The average Bonchev–Trinajstić information content (AvgIpc) is 3.67. The molecule has 0 radical (unpaired) electrons. The molecule has 3 heterocycles. The Balaban J connectivity index is 1.31. The lowest BCUT2D eigenvalue weighted by molar-refractivity contribution is 1.05. The molecule has 0 N–H and O–H groups in total. The minimum atomic E-state index is 0.650. The second-order valence-electron chi connectivity index (χ2n) is 11.9. The highest BCUT2D eigenvalue weighted by atomic mass is 15.1. The van der Waals surface area contributed by atoms with Crippen LogP contribution < -0.4 is 0 Å². The number of para-hydroxylation sites is 3. The molecule has 0 unspecified atom stereocenters. The molecule has 9 aromatic rings. The van der Waals surface area contributed by atoms with E-state index >= 15 is 0 Å². The molecule has 3 aromatic heterocycles. The van der Waals surface area contributed by atoms with Gasteiger partial charge in [-0.2, -0.15) is 0 Å². The van der Waals surface area contributed by atoms with Crippen LogP contribution in [0.4, 0.5) is 5.69 Å². The number of hydrogen-bond acceptors (Lipinski definition) is 3. The van der Waals surface area contributed by atoms with Gasteiger partial charge >= 0.3 is 0 Å². The van der Waals surface area contributed by atoms with Gasteiger partial charge < -0.3 is 4.57 Å². The summed E-state index contributed by atoms with van der Waals surface area (Å²) in [6.45, 7) is 7.72. The minimum absolute atomic E-state index is 0.650. The van der Waals surface area contributed by atoms with Crippen molar-refractivity contribution in [3.05, 3.63) is 158 Å². The Morgan fingerprint density at radius 1 is 0.521 bits per heavy atom. The molecule has 0 fully saturated rings. The Kier molecular flexibility index (Phi) is 6.37. The summed E-state index contributed by atoms with van der Waals surface area (Å²) in [5, 5.41) is 4.80. The van der Waals surface area contributed by atoms with Gasteiger partial charge in [0, 0.05) is 44.4 Å². The van der Waals surface area contributed by atoms with Crippen molar-refractivity contribution in [1.82, 2.24) is 19.1 Å². The fourth-order valence-electron chi connectivity index (χ4n) is 6.97. The van der Waals surface area contributed by atoms with Gasteiger partial charge in [-0.25, -0.2) is 9.97 Å². The van der Waals surface area contributed by atoms with Crippen LogP contribution in [0.25, 0.3) is 83.8 Å². The summed E-state index contributed by atoms with van der Waals surface area (Å²) >= 11 is 0. The quantitative estimate of drug-likeness (QED) is 0.175. The maximum Gasteiger partial charge on any atom is 0.162 e. The molecule has 48 heavy (non-hydrogen) atoms. The zero-order chi connectivity index (χ0) is 32.2. The first-order chi connectivity index (χ1) is 23.7. The third kappa shape index (κ3) is 4.29. The highest BCUT2D eigenvalue weighted by molar-refractivity contribution is 6.12. The Morgan fingerprint density at radius 3 is 1.79 bits per heavy atom. The summed E-state index contributed by atoms with van der Waals surface area (Å²) in [5.74, 6) is 1.44. The van der Waals surface area contributed by atoms with E-state index in [2.05, 4.69) is 131 Å². The topological polar surface area (TPSA) is 48.0 Å². The SMILES string of the molecule is C=Cc1ccc(-c2cc(-n3c4ccccc4c4cc(-n5c6ccccc6c6ccccc65)ccc43)nc(-c3ccccc3)n2)cc1N=C. The van der Waals surface area contributed by atoms with E-state index in [1.165, 1.54) is 21.8 Å². The zero-order valence-corrected chi connectivity index (χ0v) is 26.1. The Bertz CT molecular complexity index is 2660. The Hall–Kier alpha value is -6.59. The molecule has 5 heteroatoms. The van der Waals surface area contributed by atoms with E-state index in [-0.39, 0.29) is 0 Å². The van der Waals surface area contributed by atoms with E-state index in [1.54, 1.807) is 6.08 Å². The molecule has 0 aliphatic heterocycles. The Morgan fingerprint density at radius 2 is 1.12 bits per heavy atom. The molecule has 0 saturated carbocycles. The lowest BCUT2D eigenvalue weighted by Crippen LogP contribution is -2.02. The summed E-state index contributed by atoms with van der Waals surface area (Å²) in [6.07, 6.45) is 1.79. The fraction of sp³-hybridized carbons (Fsp3) is 0. The number of rotatable bonds is 6. The Labute approximate surface area is 277 Å². The van der Waals surface area contributed by atoms with Gasteiger partial charge in [-0.05, 0) is 54.7 Å². The highest BCUT2D eigenvalue weighted by Gasteiger charge is 2.19. The van der Waals surface area contributed by atoms with Crippen LogP contribution >= 0.6 is 0 Å². The summed E-state index contributed by atoms with van der Waals surface area (Å²) < 4.78 is 4.62. The predicted octanol–water partition coefficient (Wildman–Crippen LogP) is 11.0. The van der Waals surface area contributed by atoms with Crippen LogP contribution in [0.1, 0.15) is 5.56 Å². The van der Waals surface area contributed by atoms with E-state index in [9.17, 15) is 0 Å². The van der Waals surface area contributed by atoms with E-state index in [1.807, 2.05) is 42.5 Å². The number of fused-ring (bicyclic) bond motifs is 6. The maximum absolute atomic E-state index is 5.20. The predicted molar refractivity (Wildman–Crippen MR) is 201 cm³/mol. The van der Waals surface area contributed by atoms with Crippen molar-refractivity contribution in [2.24, 2.45) is 4.99 Å². The van der Waals surface area contributed by atoms with Gasteiger partial charge in [0.2, 0.25) is 0 Å². The first-order valence-corrected chi connectivity index (χ1v) is 15.9. The molecule has 0 bridgehead atoms. The molecule has 9 rings (SSSR count). The van der Waals surface area contributed by atoms with Gasteiger partial charge in [0.05, 0.1) is 33.4 Å². The van der Waals surface area contributed by atoms with Crippen LogP contribution in [0.5, 0.6) is 0 Å². The number of aliphatic imine (C=N–C) groups is 1. The molecule has 226 valence electrons. The normalized spacial score (nSPS) is 11.5. The lowest BCUT2D eigenvalue weighted by Gasteiger charge is -2.13. The minimum Gasteiger partial charge on any atom is -0.309 e. The average molecular weight is 616 g/mol. The number of hydrogen-bond donors (Lipinski definition) is 0. The van der Waals surface area contributed by atoms with Crippen molar-refractivity contribution in [1.29, 1.82) is 0 Å². The van der Waals surface area contributed by atoms with Crippen molar-refractivity contribution in [3.8, 4) is 34.2 Å². The first kappa shape index (κ1) is 27.7. The van der Waals surface area contributed by atoms with Crippen molar-refractivity contribution < 1.29 is 0 Å². The van der Waals surface area contributed by atoms with Crippen molar-refractivity contribution in [2.75, 3.05) is 0 Å². The summed E-state index contributed by atoms with van der Waals surface area (Å²) in [7, 11) is 0. The van der Waals surface area contributed by atoms with Crippen LogP contribution in [0, 0.1) is 0 Å². The molecule has 0 aliphatic rings. The van der Waals surface area contributed by atoms with E-state index in [0.29, 0.717) is 5.82 Å². The molecule has 0 spiro atoms. The maximum atomic E-state index is 5.20. The van der Waals surface area contributed by atoms with Gasteiger partial charge in [0.1, 0.15) is 5.82 Å². The largest absolute Gasteiger partial charge is 0.309 e. The standard InChI is InChI=1S/C43H29N5/c1-3-28-21-22-30(25-36(28)44-2)37-27-42(46-43(45-37)29-13-5-4-6-14-29)48-40-20-12-9-17-34(40)35-26-31(23-24-41(35)48)47-38-18-10-7-15-32(38)33-16-8-11-19-39(33)47/h3-27H,1-2H2. The second-order valence-corrected chi connectivity index (χ2v) is 11.9. The summed E-state index contributed by atoms with van der Waals surface area (Å²) in [4.78, 5) is 14.5. The molecular formula is C43H29N5. The van der Waals surface area contributed by atoms with Gasteiger partial charge in [-0.3, -0.25) is 9.56 Å². The van der Waals surface area contributed by atoms with Crippen LogP contribution in [-0.2, 0) is 0 Å². The molecular weight excluding hydrogens is 587 g/mol.